The number of hydrogen-bond acceptors (Lipinski definition) is 6. The largest absolute Gasteiger partial charge is 0.310 e. The van der Waals surface area contributed by atoms with Crippen molar-refractivity contribution in [2.24, 2.45) is 0 Å². The summed E-state index contributed by atoms with van der Waals surface area (Å²) in [5.41, 5.74) is 17.8. The molecule has 2 aliphatic heterocycles. The fourth-order valence-corrected chi connectivity index (χ4v) is 21.8. The summed E-state index contributed by atoms with van der Waals surface area (Å²) >= 11 is 7.78. The molecule has 12 aromatic carbocycles. The monoisotopic (exact) mass is 1220 g/mol. The van der Waals surface area contributed by atoms with Crippen LogP contribution in [0.2, 0.25) is 0 Å². The summed E-state index contributed by atoms with van der Waals surface area (Å²) in [5, 5.41) is 12.6. The molecular weight excluding hydrogens is 1170 g/mol. The quantitative estimate of drug-likeness (QED) is 0.175. The molecule has 6 aromatic heterocycles. The van der Waals surface area contributed by atoms with Crippen LogP contribution >= 0.6 is 45.3 Å². The Kier molecular flexibility index (Phi) is 10.0. The second-order valence-corrected chi connectivity index (χ2v) is 28.4. The molecule has 18 aromatic rings. The molecule has 0 atom stereocenters. The minimum atomic E-state index is -0.848. The van der Waals surface area contributed by atoms with Crippen LogP contribution in [0.15, 0.2) is 291 Å². The number of nitrogens with zero attached hydrogens (tertiary/aromatic N) is 4. The summed E-state index contributed by atoms with van der Waals surface area (Å²) < 4.78 is 10.5. The van der Waals surface area contributed by atoms with E-state index in [0.717, 1.165) is 11.4 Å². The van der Waals surface area contributed by atoms with Crippen LogP contribution < -0.4 is 9.80 Å². The maximum absolute atomic E-state index is 2.67. The normalized spacial score (nSPS) is 14.4. The van der Waals surface area contributed by atoms with Gasteiger partial charge in [-0.3, -0.25) is 9.13 Å². The van der Waals surface area contributed by atoms with Gasteiger partial charge in [-0.15, -0.1) is 45.3 Å². The molecule has 2 spiro atoms. The summed E-state index contributed by atoms with van der Waals surface area (Å²) in [6.07, 6.45) is 0. The molecule has 0 saturated carbocycles. The van der Waals surface area contributed by atoms with Gasteiger partial charge in [0.25, 0.3) is 0 Å². The van der Waals surface area contributed by atoms with Gasteiger partial charge in [0.2, 0.25) is 0 Å². The van der Waals surface area contributed by atoms with Gasteiger partial charge in [0.1, 0.15) is 10.0 Å². The van der Waals surface area contributed by atoms with Crippen LogP contribution in [0.1, 0.15) is 43.1 Å². The van der Waals surface area contributed by atoms with Gasteiger partial charge in [-0.2, -0.15) is 0 Å². The topological polar surface area (TPSA) is 16.3 Å². The van der Waals surface area contributed by atoms with Crippen LogP contribution in [-0.4, -0.2) is 9.13 Å². The van der Waals surface area contributed by atoms with Crippen molar-refractivity contribution in [2.75, 3.05) is 9.80 Å². The number of aromatic nitrogens is 2. The van der Waals surface area contributed by atoms with Gasteiger partial charge >= 0.3 is 0 Å². The summed E-state index contributed by atoms with van der Waals surface area (Å²) in [7, 11) is 0. The summed E-state index contributed by atoms with van der Waals surface area (Å²) in [4.78, 5) is 7.70. The molecule has 0 saturated heterocycles. The maximum atomic E-state index is 2.67. The average molecular weight is 1220 g/mol. The minimum absolute atomic E-state index is 0.848. The first-order valence-corrected chi connectivity index (χ1v) is 34.0. The Morgan fingerprint density at radius 1 is 0.244 bits per heavy atom. The standard InChI is InChI=1S/C82H48N4S4/c1-3-23-49(24-4-1)83-65-37-17-11-31-57(65)81(58-32-12-18-38-66(58)83)61-47-73(85-63-35-15-7-27-51(63)53-43-45-71-75(77(53)85)55-29-9-21-41-69(55)87-71)90-80(61)82(59-33-13-19-39-67(59)84(50-25-5-2-6-26-50)68-40-20-14-34-60(68)82)62-48-74(89-79(62)81)86-64-36-16-8-28-52(64)54-44-46-72-76(78(54)86)56-30-10-22-42-70(56)88-72/h1-48H. The SMILES string of the molecule is c1ccc(N2c3ccccc3C3(c4ccccc42)c2cc(-n4c5ccccc5c5ccc6sc7ccccc7c6c54)sc2C2(c4ccccc4N(c4ccccc4)c4ccccc42)c2cc(-n4c5ccccc5c5ccc6sc7ccccc7c6c54)sc23)cc1. The van der Waals surface area contributed by atoms with Crippen molar-refractivity contribution >= 4 is 163 Å². The maximum Gasteiger partial charge on any atom is 0.101 e. The molecule has 90 heavy (non-hydrogen) atoms. The highest BCUT2D eigenvalue weighted by Crippen LogP contribution is 2.71. The van der Waals surface area contributed by atoms with Gasteiger partial charge in [0.05, 0.1) is 55.6 Å². The van der Waals surface area contributed by atoms with E-state index < -0.39 is 10.8 Å². The molecule has 0 amide bonds. The molecular formula is C82H48N4S4. The molecule has 0 fully saturated rings. The van der Waals surface area contributed by atoms with Crippen molar-refractivity contribution in [1.82, 2.24) is 9.13 Å². The van der Waals surface area contributed by atoms with E-state index in [4.69, 9.17) is 0 Å². The molecule has 0 bridgehead atoms. The minimum Gasteiger partial charge on any atom is -0.310 e. The van der Waals surface area contributed by atoms with Gasteiger partial charge in [-0.1, -0.05) is 194 Å². The Labute approximate surface area is 533 Å². The van der Waals surface area contributed by atoms with E-state index in [2.05, 4.69) is 310 Å². The van der Waals surface area contributed by atoms with Crippen LogP contribution in [0.3, 0.4) is 0 Å². The Hall–Kier alpha value is -10.3. The van der Waals surface area contributed by atoms with Crippen LogP contribution in [-0.2, 0) is 10.8 Å². The first kappa shape index (κ1) is 49.6. The molecule has 420 valence electrons. The van der Waals surface area contributed by atoms with Crippen molar-refractivity contribution < 1.29 is 0 Å². The van der Waals surface area contributed by atoms with Gasteiger partial charge < -0.3 is 9.80 Å². The molecule has 21 rings (SSSR count). The highest BCUT2D eigenvalue weighted by molar-refractivity contribution is 7.26. The number of hydrogen-bond donors (Lipinski definition) is 0. The summed E-state index contributed by atoms with van der Waals surface area (Å²) in [6.45, 7) is 0. The predicted octanol–water partition coefficient (Wildman–Crippen LogP) is 23.4. The van der Waals surface area contributed by atoms with E-state index in [1.165, 1.54) is 160 Å². The van der Waals surface area contributed by atoms with E-state index in [1.807, 2.05) is 45.3 Å². The third kappa shape index (κ3) is 6.19. The molecule has 4 nitrogen and oxygen atoms in total. The number of anilines is 6. The number of fused-ring (bicyclic) bond motifs is 28. The summed E-state index contributed by atoms with van der Waals surface area (Å²) in [5.74, 6) is 0. The molecule has 8 heteroatoms. The van der Waals surface area contributed by atoms with Crippen molar-refractivity contribution in [3.05, 3.63) is 334 Å². The zero-order valence-electron chi connectivity index (χ0n) is 48.1. The Bertz CT molecular complexity index is 5580. The molecule has 1 aliphatic carbocycles. The number of benzene rings is 12. The van der Waals surface area contributed by atoms with E-state index in [9.17, 15) is 0 Å². The Morgan fingerprint density at radius 2 is 0.578 bits per heavy atom. The lowest BCUT2D eigenvalue weighted by molar-refractivity contribution is 0.633. The van der Waals surface area contributed by atoms with E-state index >= 15 is 0 Å². The molecule has 0 unspecified atom stereocenters. The van der Waals surface area contributed by atoms with Crippen molar-refractivity contribution in [3.63, 3.8) is 0 Å². The molecule has 3 aliphatic rings. The third-order valence-electron chi connectivity index (χ3n) is 19.9. The van der Waals surface area contributed by atoms with Gasteiger partial charge in [-0.25, -0.2) is 0 Å². The molecule has 0 radical (unpaired) electrons. The molecule has 0 N–H and O–H groups in total. The number of para-hydroxylation sites is 8. The molecule has 8 heterocycles. The highest BCUT2D eigenvalue weighted by atomic mass is 32.1. The Morgan fingerprint density at radius 3 is 0.978 bits per heavy atom. The lowest BCUT2D eigenvalue weighted by atomic mass is 9.53. The third-order valence-corrected chi connectivity index (χ3v) is 24.7. The van der Waals surface area contributed by atoms with Crippen molar-refractivity contribution in [3.8, 4) is 10.0 Å². The summed E-state index contributed by atoms with van der Waals surface area (Å²) in [6, 6.07) is 111. The van der Waals surface area contributed by atoms with Gasteiger partial charge in [0.15, 0.2) is 0 Å². The second kappa shape index (κ2) is 18.2. The van der Waals surface area contributed by atoms with Gasteiger partial charge in [0, 0.05) is 83.0 Å². The first-order valence-electron chi connectivity index (χ1n) is 30.7. The highest BCUT2D eigenvalue weighted by Gasteiger charge is 2.61. The van der Waals surface area contributed by atoms with Crippen LogP contribution in [0.4, 0.5) is 34.1 Å². The lowest BCUT2D eigenvalue weighted by Gasteiger charge is -2.53. The number of rotatable bonds is 4. The average Bonchev–Trinajstić information content (AvgIpc) is 1.24. The zero-order chi connectivity index (χ0) is 58.6. The fraction of sp³-hybridized carbons (Fsp3) is 0.0244. The van der Waals surface area contributed by atoms with E-state index in [1.54, 1.807) is 0 Å². The van der Waals surface area contributed by atoms with E-state index in [0.29, 0.717) is 0 Å². The first-order chi connectivity index (χ1) is 44.7. The fourth-order valence-electron chi connectivity index (χ4n) is 16.6. The van der Waals surface area contributed by atoms with Crippen molar-refractivity contribution in [2.45, 2.75) is 10.8 Å². The zero-order valence-corrected chi connectivity index (χ0v) is 51.4. The lowest BCUT2D eigenvalue weighted by Crippen LogP contribution is -2.47. The van der Waals surface area contributed by atoms with Crippen LogP contribution in [0, 0.1) is 0 Å². The number of thiophene rings is 4. The van der Waals surface area contributed by atoms with E-state index in [-0.39, 0.29) is 0 Å². The smallest absolute Gasteiger partial charge is 0.101 e. The van der Waals surface area contributed by atoms with Crippen LogP contribution in [0.25, 0.3) is 94.0 Å². The van der Waals surface area contributed by atoms with Gasteiger partial charge in [-0.05, 0) is 130 Å². The second-order valence-electron chi connectivity index (χ2n) is 24.1. The van der Waals surface area contributed by atoms with Crippen molar-refractivity contribution in [1.29, 1.82) is 0 Å². The Balaban J connectivity index is 0.986. The van der Waals surface area contributed by atoms with Crippen LogP contribution in [0.5, 0.6) is 0 Å². The predicted molar refractivity (Wildman–Crippen MR) is 383 cm³/mol.